The summed E-state index contributed by atoms with van der Waals surface area (Å²) in [5.74, 6) is 4.62. The van der Waals surface area contributed by atoms with Crippen molar-refractivity contribution in [1.82, 2.24) is 0 Å². The third kappa shape index (κ3) is 2.66. The van der Waals surface area contributed by atoms with Crippen molar-refractivity contribution in [3.63, 3.8) is 0 Å². The summed E-state index contributed by atoms with van der Waals surface area (Å²) < 4.78 is 42.9. The highest BCUT2D eigenvalue weighted by Crippen LogP contribution is 2.40. The molecule has 2 N–H and O–H groups in total. The zero-order valence-electron chi connectivity index (χ0n) is 8.18. The predicted octanol–water partition coefficient (Wildman–Crippen LogP) is 2.77. The van der Waals surface area contributed by atoms with Gasteiger partial charge in [-0.05, 0) is 33.6 Å². The van der Waals surface area contributed by atoms with E-state index in [1.54, 1.807) is 0 Å². The van der Waals surface area contributed by atoms with Gasteiger partial charge in [0, 0.05) is 0 Å². The van der Waals surface area contributed by atoms with Crippen molar-refractivity contribution in [2.75, 3.05) is 7.11 Å². The molecule has 0 saturated carbocycles. The quantitative estimate of drug-likeness (QED) is 0.518. The normalized spacial score (nSPS) is 12.1. The second-order valence-corrected chi connectivity index (χ2v) is 3.71. The summed E-state index contributed by atoms with van der Waals surface area (Å²) in [6, 6.07) is 2.35. The van der Waals surface area contributed by atoms with Crippen molar-refractivity contribution in [3.8, 4) is 5.75 Å². The largest absolute Gasteiger partial charge is 0.495 e. The molecule has 16 heavy (non-hydrogen) atoms. The first-order valence-electron chi connectivity index (χ1n) is 4.08. The third-order valence-electron chi connectivity index (χ3n) is 1.80. The van der Waals surface area contributed by atoms with E-state index in [4.69, 9.17) is 10.6 Å². The molecule has 0 amide bonds. The van der Waals surface area contributed by atoms with Gasteiger partial charge in [-0.25, -0.2) is 0 Å². The molecule has 7 heteroatoms. The molecule has 0 bridgehead atoms. The molecular weight excluding hydrogens is 289 g/mol. The van der Waals surface area contributed by atoms with E-state index in [1.165, 1.54) is 13.2 Å². The molecule has 88 valence electrons. The Balaban J connectivity index is 3.43. The lowest BCUT2D eigenvalue weighted by molar-refractivity contribution is -0.138. The molecule has 1 aromatic carbocycles. The van der Waals surface area contributed by atoms with Crippen molar-refractivity contribution in [3.05, 3.63) is 27.7 Å². The standard InChI is InChI=1S/C9H8BrF3N2O/c1-16-8-6(9(11,12)13)2-5(4-15-14)3-7(8)10/h2-4H,14H2,1H3. The maximum Gasteiger partial charge on any atom is 0.420 e. The number of rotatable bonds is 2. The van der Waals surface area contributed by atoms with Gasteiger partial charge >= 0.3 is 6.18 Å². The molecule has 0 radical (unpaired) electrons. The molecule has 0 heterocycles. The van der Waals surface area contributed by atoms with E-state index in [-0.39, 0.29) is 15.8 Å². The first-order valence-corrected chi connectivity index (χ1v) is 4.87. The van der Waals surface area contributed by atoms with Crippen molar-refractivity contribution in [1.29, 1.82) is 0 Å². The van der Waals surface area contributed by atoms with E-state index in [1.807, 2.05) is 0 Å². The molecule has 0 fully saturated rings. The number of nitrogens with two attached hydrogens (primary N) is 1. The zero-order valence-corrected chi connectivity index (χ0v) is 9.76. The molecule has 0 aliphatic heterocycles. The maximum absolute atomic E-state index is 12.7. The van der Waals surface area contributed by atoms with E-state index in [0.29, 0.717) is 0 Å². The van der Waals surface area contributed by atoms with Gasteiger partial charge in [0.05, 0.1) is 23.4 Å². The number of halogens is 4. The number of hydrazone groups is 1. The van der Waals surface area contributed by atoms with E-state index in [0.717, 1.165) is 12.3 Å². The second kappa shape index (κ2) is 4.73. The lowest BCUT2D eigenvalue weighted by atomic mass is 10.1. The number of benzene rings is 1. The van der Waals surface area contributed by atoms with Gasteiger partial charge in [-0.2, -0.15) is 18.3 Å². The highest BCUT2D eigenvalue weighted by atomic mass is 79.9. The Morgan fingerprint density at radius 1 is 1.44 bits per heavy atom. The van der Waals surface area contributed by atoms with E-state index in [9.17, 15) is 13.2 Å². The second-order valence-electron chi connectivity index (χ2n) is 2.86. The minimum Gasteiger partial charge on any atom is -0.495 e. The summed E-state index contributed by atoms with van der Waals surface area (Å²) in [5.41, 5.74) is -0.637. The Morgan fingerprint density at radius 3 is 2.50 bits per heavy atom. The molecular formula is C9H8BrF3N2O. The van der Waals surface area contributed by atoms with Crippen LogP contribution in [0.4, 0.5) is 13.2 Å². The summed E-state index contributed by atoms with van der Waals surface area (Å²) in [6.07, 6.45) is -3.37. The van der Waals surface area contributed by atoms with Gasteiger partial charge in [-0.3, -0.25) is 0 Å². The summed E-state index contributed by atoms with van der Waals surface area (Å²) in [6.45, 7) is 0. The number of alkyl halides is 3. The molecule has 0 aliphatic rings. The number of methoxy groups -OCH3 is 1. The number of nitrogens with zero attached hydrogens (tertiary/aromatic N) is 1. The van der Waals surface area contributed by atoms with Crippen molar-refractivity contribution >= 4 is 22.1 Å². The van der Waals surface area contributed by atoms with Crippen LogP contribution in [0.3, 0.4) is 0 Å². The monoisotopic (exact) mass is 296 g/mol. The molecule has 0 atom stereocenters. The minimum absolute atomic E-state index is 0.194. The lowest BCUT2D eigenvalue weighted by Gasteiger charge is -2.14. The van der Waals surface area contributed by atoms with Crippen LogP contribution in [-0.4, -0.2) is 13.3 Å². The fraction of sp³-hybridized carbons (Fsp3) is 0.222. The maximum atomic E-state index is 12.7. The van der Waals surface area contributed by atoms with Gasteiger partial charge in [0.2, 0.25) is 0 Å². The molecule has 0 aromatic heterocycles. The van der Waals surface area contributed by atoms with Crippen molar-refractivity contribution in [2.45, 2.75) is 6.18 Å². The first kappa shape index (κ1) is 12.8. The Labute approximate surface area is 98.2 Å². The van der Waals surface area contributed by atoms with Crippen LogP contribution in [-0.2, 0) is 6.18 Å². The molecule has 0 aliphatic carbocycles. The average molecular weight is 297 g/mol. The number of hydrogen-bond acceptors (Lipinski definition) is 3. The summed E-state index contributed by atoms with van der Waals surface area (Å²) >= 11 is 2.99. The van der Waals surface area contributed by atoms with Gasteiger partial charge in [0.15, 0.2) is 0 Å². The molecule has 0 saturated heterocycles. The van der Waals surface area contributed by atoms with Gasteiger partial charge in [-0.1, -0.05) is 0 Å². The highest BCUT2D eigenvalue weighted by molar-refractivity contribution is 9.10. The predicted molar refractivity (Wildman–Crippen MR) is 57.5 cm³/mol. The first-order chi connectivity index (χ1) is 7.40. The number of ether oxygens (including phenoxy) is 1. The Hall–Kier alpha value is -1.24. The Kier molecular flexibility index (Phi) is 3.79. The molecule has 3 nitrogen and oxygen atoms in total. The van der Waals surface area contributed by atoms with Gasteiger partial charge in [0.25, 0.3) is 0 Å². The lowest BCUT2D eigenvalue weighted by Crippen LogP contribution is -2.09. The molecule has 1 aromatic rings. The van der Waals surface area contributed by atoms with Crippen LogP contribution >= 0.6 is 15.9 Å². The van der Waals surface area contributed by atoms with Gasteiger partial charge in [-0.15, -0.1) is 0 Å². The molecule has 1 rings (SSSR count). The zero-order chi connectivity index (χ0) is 12.3. The van der Waals surface area contributed by atoms with E-state index in [2.05, 4.69) is 21.0 Å². The Morgan fingerprint density at radius 2 is 2.06 bits per heavy atom. The van der Waals surface area contributed by atoms with Crippen LogP contribution < -0.4 is 10.6 Å². The van der Waals surface area contributed by atoms with Crippen LogP contribution in [0.5, 0.6) is 5.75 Å². The fourth-order valence-electron chi connectivity index (χ4n) is 1.19. The molecule has 0 spiro atoms. The number of hydrogen-bond donors (Lipinski definition) is 1. The smallest absolute Gasteiger partial charge is 0.420 e. The summed E-state index contributed by atoms with van der Waals surface area (Å²) in [5, 5.41) is 3.17. The van der Waals surface area contributed by atoms with Crippen LogP contribution in [0.1, 0.15) is 11.1 Å². The third-order valence-corrected chi connectivity index (χ3v) is 2.39. The summed E-state index contributed by atoms with van der Waals surface area (Å²) in [4.78, 5) is 0. The van der Waals surface area contributed by atoms with Crippen molar-refractivity contribution < 1.29 is 17.9 Å². The Bertz CT molecular complexity index is 418. The topological polar surface area (TPSA) is 47.6 Å². The average Bonchev–Trinajstić information content (AvgIpc) is 2.16. The van der Waals surface area contributed by atoms with Crippen molar-refractivity contribution in [2.24, 2.45) is 10.9 Å². The van der Waals surface area contributed by atoms with Crippen LogP contribution in [0, 0.1) is 0 Å². The van der Waals surface area contributed by atoms with Crippen LogP contribution in [0.25, 0.3) is 0 Å². The highest BCUT2D eigenvalue weighted by Gasteiger charge is 2.35. The SMILES string of the molecule is COc1c(Br)cc(C=NN)cc1C(F)(F)F. The van der Waals surface area contributed by atoms with Gasteiger partial charge in [0.1, 0.15) is 5.75 Å². The van der Waals surface area contributed by atoms with Gasteiger partial charge < -0.3 is 10.6 Å². The van der Waals surface area contributed by atoms with Crippen LogP contribution in [0.15, 0.2) is 21.7 Å². The fourth-order valence-corrected chi connectivity index (χ4v) is 1.83. The van der Waals surface area contributed by atoms with E-state index < -0.39 is 11.7 Å². The van der Waals surface area contributed by atoms with E-state index >= 15 is 0 Å². The van der Waals surface area contributed by atoms with Crippen LogP contribution in [0.2, 0.25) is 0 Å². The summed E-state index contributed by atoms with van der Waals surface area (Å²) in [7, 11) is 1.17. The minimum atomic E-state index is -4.49. The molecule has 0 unspecified atom stereocenters.